The molecule has 7 aromatic carbocycles. The zero-order valence-electron chi connectivity index (χ0n) is 28.3. The molecule has 0 amide bonds. The SMILES string of the molecule is CC1(C)c2ccccc2-c2ccc(N(c3ccc(-c4cccc5c4oc4ccccc45)cc3)c3ccc4c5c(ccnc35)-c3ccccc3-4)cc21. The number of aromatic nitrogens is 1. The zero-order chi connectivity index (χ0) is 33.8. The second kappa shape index (κ2) is 10.3. The minimum absolute atomic E-state index is 0.120. The maximum absolute atomic E-state index is 6.43. The van der Waals surface area contributed by atoms with Gasteiger partial charge in [0, 0.05) is 44.7 Å². The van der Waals surface area contributed by atoms with Gasteiger partial charge in [0.25, 0.3) is 0 Å². The molecular weight excluding hydrogens is 621 g/mol. The molecule has 0 spiro atoms. The summed E-state index contributed by atoms with van der Waals surface area (Å²) in [6, 6.07) is 54.9. The standard InChI is InChI=1S/C48H32N2O/c1-48(2)41-16-7-5-12-35(41)36-23-22-31(28-42(36)48)50(43-25-24-38-33-10-3-4-11-34(33)39-26-27-49-46(43)45(38)39)30-20-18-29(19-21-30)32-14-9-15-40-37-13-6-8-17-44(37)51-47(32)40/h3-28H,1-2H3. The maximum atomic E-state index is 6.43. The first kappa shape index (κ1) is 28.4. The molecule has 2 aliphatic rings. The van der Waals surface area contributed by atoms with E-state index in [4.69, 9.17) is 9.40 Å². The molecule has 0 saturated carbocycles. The summed E-state index contributed by atoms with van der Waals surface area (Å²) in [5.74, 6) is 0. The first-order valence-corrected chi connectivity index (χ1v) is 17.6. The number of furan rings is 1. The second-order valence-electron chi connectivity index (χ2n) is 14.3. The summed E-state index contributed by atoms with van der Waals surface area (Å²) < 4.78 is 6.43. The Labute approximate surface area is 296 Å². The van der Waals surface area contributed by atoms with E-state index in [-0.39, 0.29) is 5.41 Å². The molecule has 0 N–H and O–H groups in total. The van der Waals surface area contributed by atoms with Crippen molar-refractivity contribution in [2.75, 3.05) is 4.90 Å². The van der Waals surface area contributed by atoms with Crippen LogP contribution in [0.2, 0.25) is 0 Å². The van der Waals surface area contributed by atoms with Crippen molar-refractivity contribution in [2.45, 2.75) is 19.3 Å². The highest BCUT2D eigenvalue weighted by atomic mass is 16.3. The highest BCUT2D eigenvalue weighted by Crippen LogP contribution is 2.53. The van der Waals surface area contributed by atoms with Gasteiger partial charge in [0.05, 0.1) is 11.2 Å². The van der Waals surface area contributed by atoms with Crippen LogP contribution in [-0.4, -0.2) is 4.98 Å². The Hall–Kier alpha value is -6.45. The third kappa shape index (κ3) is 3.92. The fourth-order valence-corrected chi connectivity index (χ4v) is 8.86. The molecule has 0 fully saturated rings. The van der Waals surface area contributed by atoms with Crippen molar-refractivity contribution in [1.29, 1.82) is 0 Å². The Morgan fingerprint density at radius 2 is 1.16 bits per heavy atom. The summed E-state index contributed by atoms with van der Waals surface area (Å²) >= 11 is 0. The summed E-state index contributed by atoms with van der Waals surface area (Å²) in [4.78, 5) is 7.49. The average molecular weight is 653 g/mol. The van der Waals surface area contributed by atoms with E-state index in [2.05, 4.69) is 158 Å². The van der Waals surface area contributed by atoms with E-state index in [0.29, 0.717) is 0 Å². The molecule has 2 heterocycles. The van der Waals surface area contributed by atoms with E-state index < -0.39 is 0 Å². The molecule has 51 heavy (non-hydrogen) atoms. The topological polar surface area (TPSA) is 29.3 Å². The number of pyridine rings is 1. The van der Waals surface area contributed by atoms with Crippen LogP contribution in [0.1, 0.15) is 25.0 Å². The molecule has 2 aromatic heterocycles. The Morgan fingerprint density at radius 1 is 0.510 bits per heavy atom. The van der Waals surface area contributed by atoms with Crippen molar-refractivity contribution in [3.8, 4) is 44.5 Å². The van der Waals surface area contributed by atoms with Gasteiger partial charge in [-0.25, -0.2) is 0 Å². The highest BCUT2D eigenvalue weighted by Gasteiger charge is 2.36. The molecule has 0 atom stereocenters. The number of fused-ring (bicyclic) bond motifs is 9. The van der Waals surface area contributed by atoms with Gasteiger partial charge in [0.2, 0.25) is 0 Å². The van der Waals surface area contributed by atoms with E-state index in [1.54, 1.807) is 0 Å². The van der Waals surface area contributed by atoms with Crippen LogP contribution in [0, 0.1) is 0 Å². The minimum Gasteiger partial charge on any atom is -0.455 e. The molecular formula is C48H32N2O. The van der Waals surface area contributed by atoms with Crippen LogP contribution < -0.4 is 4.90 Å². The highest BCUT2D eigenvalue weighted by molar-refractivity contribution is 6.18. The summed E-state index contributed by atoms with van der Waals surface area (Å²) in [6.45, 7) is 4.69. The number of hydrogen-bond donors (Lipinski definition) is 0. The van der Waals surface area contributed by atoms with Crippen molar-refractivity contribution in [2.24, 2.45) is 0 Å². The van der Waals surface area contributed by atoms with Gasteiger partial charge < -0.3 is 9.32 Å². The third-order valence-electron chi connectivity index (χ3n) is 11.3. The van der Waals surface area contributed by atoms with E-state index in [0.717, 1.165) is 55.6 Å². The van der Waals surface area contributed by atoms with Gasteiger partial charge in [-0.1, -0.05) is 123 Å². The van der Waals surface area contributed by atoms with Crippen LogP contribution >= 0.6 is 0 Å². The van der Waals surface area contributed by atoms with E-state index in [9.17, 15) is 0 Å². The van der Waals surface area contributed by atoms with Crippen LogP contribution in [0.3, 0.4) is 0 Å². The molecule has 0 saturated heterocycles. The van der Waals surface area contributed by atoms with Gasteiger partial charge in [-0.05, 0) is 92.5 Å². The molecule has 2 aliphatic carbocycles. The fourth-order valence-electron chi connectivity index (χ4n) is 8.86. The summed E-state index contributed by atoms with van der Waals surface area (Å²) in [6.07, 6.45) is 1.96. The molecule has 0 unspecified atom stereocenters. The quantitative estimate of drug-likeness (QED) is 0.189. The van der Waals surface area contributed by atoms with E-state index in [1.807, 2.05) is 18.3 Å². The normalized spacial score (nSPS) is 13.5. The molecule has 11 rings (SSSR count). The van der Waals surface area contributed by atoms with Crippen molar-refractivity contribution < 1.29 is 4.42 Å². The third-order valence-corrected chi connectivity index (χ3v) is 11.3. The number of hydrogen-bond acceptors (Lipinski definition) is 3. The number of para-hydroxylation sites is 2. The lowest BCUT2D eigenvalue weighted by Crippen LogP contribution is -2.16. The van der Waals surface area contributed by atoms with Crippen LogP contribution in [0.5, 0.6) is 0 Å². The largest absolute Gasteiger partial charge is 0.455 e. The predicted molar refractivity (Wildman–Crippen MR) is 211 cm³/mol. The molecule has 3 nitrogen and oxygen atoms in total. The zero-order valence-corrected chi connectivity index (χ0v) is 28.3. The second-order valence-corrected chi connectivity index (χ2v) is 14.3. The van der Waals surface area contributed by atoms with Gasteiger partial charge in [0.1, 0.15) is 11.2 Å². The smallest absolute Gasteiger partial charge is 0.143 e. The Balaban J connectivity index is 1.11. The van der Waals surface area contributed by atoms with Crippen molar-refractivity contribution in [3.63, 3.8) is 0 Å². The molecule has 0 radical (unpaired) electrons. The summed E-state index contributed by atoms with van der Waals surface area (Å²) in [5, 5.41) is 3.49. The molecule has 9 aromatic rings. The summed E-state index contributed by atoms with van der Waals surface area (Å²) in [5.41, 5.74) is 18.5. The first-order chi connectivity index (χ1) is 25.1. The number of nitrogens with zero attached hydrogens (tertiary/aromatic N) is 2. The lowest BCUT2D eigenvalue weighted by Gasteiger charge is -2.29. The molecule has 3 heteroatoms. The summed E-state index contributed by atoms with van der Waals surface area (Å²) in [7, 11) is 0. The van der Waals surface area contributed by atoms with Crippen molar-refractivity contribution in [3.05, 3.63) is 169 Å². The lowest BCUT2D eigenvalue weighted by molar-refractivity contribution is 0.660. The van der Waals surface area contributed by atoms with Gasteiger partial charge in [-0.15, -0.1) is 0 Å². The van der Waals surface area contributed by atoms with Crippen LogP contribution in [0.25, 0.3) is 77.3 Å². The van der Waals surface area contributed by atoms with Crippen LogP contribution in [0.15, 0.2) is 162 Å². The van der Waals surface area contributed by atoms with Crippen molar-refractivity contribution in [1.82, 2.24) is 4.98 Å². The number of anilines is 3. The van der Waals surface area contributed by atoms with Gasteiger partial charge >= 0.3 is 0 Å². The number of rotatable bonds is 4. The minimum atomic E-state index is -0.120. The maximum Gasteiger partial charge on any atom is 0.143 e. The van der Waals surface area contributed by atoms with Gasteiger partial charge in [-0.3, -0.25) is 4.98 Å². The lowest BCUT2D eigenvalue weighted by atomic mass is 9.82. The Morgan fingerprint density at radius 3 is 2.00 bits per heavy atom. The van der Waals surface area contributed by atoms with E-state index >= 15 is 0 Å². The predicted octanol–water partition coefficient (Wildman–Crippen LogP) is 13.2. The van der Waals surface area contributed by atoms with Gasteiger partial charge in [0.15, 0.2) is 0 Å². The Kier molecular flexibility index (Phi) is 5.73. The van der Waals surface area contributed by atoms with E-state index in [1.165, 1.54) is 49.9 Å². The van der Waals surface area contributed by atoms with Crippen molar-refractivity contribution >= 4 is 49.9 Å². The monoisotopic (exact) mass is 652 g/mol. The van der Waals surface area contributed by atoms with Crippen LogP contribution in [-0.2, 0) is 5.41 Å². The first-order valence-electron chi connectivity index (χ1n) is 17.6. The molecule has 0 bridgehead atoms. The van der Waals surface area contributed by atoms with Crippen LogP contribution in [0.4, 0.5) is 17.1 Å². The number of benzene rings is 7. The molecule has 240 valence electrons. The van der Waals surface area contributed by atoms with Gasteiger partial charge in [-0.2, -0.15) is 0 Å². The Bertz CT molecular complexity index is 2870. The fraction of sp³-hybridized carbons (Fsp3) is 0.0625. The molecule has 0 aliphatic heterocycles. The average Bonchev–Trinajstić information content (AvgIpc) is 3.80.